The number of nitrogens with one attached hydrogen (secondary N) is 2. The first-order chi connectivity index (χ1) is 15.8. The van der Waals surface area contributed by atoms with Crippen molar-refractivity contribution in [3.05, 3.63) is 59.2 Å². The van der Waals surface area contributed by atoms with Crippen LogP contribution in [0.25, 0.3) is 0 Å². The molecule has 3 rings (SSSR count). The predicted octanol–water partition coefficient (Wildman–Crippen LogP) is 3.59. The monoisotopic (exact) mass is 465 g/mol. The number of hydrogen-bond donors (Lipinski definition) is 2. The van der Waals surface area contributed by atoms with Crippen LogP contribution in [0.5, 0.6) is 11.5 Å². The lowest BCUT2D eigenvalue weighted by Crippen LogP contribution is -2.42. The molecule has 1 aliphatic heterocycles. The molecule has 180 valence electrons. The van der Waals surface area contributed by atoms with Gasteiger partial charge in [-0.2, -0.15) is 13.2 Å². The molecule has 1 fully saturated rings. The first-order valence-corrected chi connectivity index (χ1v) is 10.9. The summed E-state index contributed by atoms with van der Waals surface area (Å²) in [5.41, 5.74) is 1.00. The van der Waals surface area contributed by atoms with E-state index in [1.54, 1.807) is 14.2 Å². The number of methoxy groups -OCH3 is 2. The third-order valence-corrected chi connectivity index (χ3v) is 5.79. The van der Waals surface area contributed by atoms with Crippen molar-refractivity contribution in [1.29, 1.82) is 0 Å². The number of ether oxygens (including phenoxy) is 2. The van der Waals surface area contributed by atoms with Crippen LogP contribution in [0.15, 0.2) is 42.5 Å². The molecule has 0 spiro atoms. The van der Waals surface area contributed by atoms with Crippen molar-refractivity contribution in [2.75, 3.05) is 27.3 Å². The molecule has 1 amide bonds. The summed E-state index contributed by atoms with van der Waals surface area (Å²) in [5.74, 6) is 1.22. The van der Waals surface area contributed by atoms with Crippen LogP contribution >= 0.6 is 0 Å². The Labute approximate surface area is 192 Å². The second-order valence-corrected chi connectivity index (χ2v) is 8.00. The number of rotatable bonds is 9. The van der Waals surface area contributed by atoms with Gasteiger partial charge in [0.25, 0.3) is 0 Å². The topological polar surface area (TPSA) is 62.8 Å². The Balaban J connectivity index is 1.70. The standard InChI is InChI=1S/C24H30F3N3O3/c1-4-28-23(31)20-12-19(29-13-16-8-10-18(11-9-16)24(25,26)27)15-30(20)14-17-6-5-7-21(32-2)22(17)33-3/h5-11,19-20,29H,4,12-15H2,1-3H3,(H,28,31)/t19-,20+/m1/s1. The largest absolute Gasteiger partial charge is 0.493 e. The second-order valence-electron chi connectivity index (χ2n) is 8.00. The minimum absolute atomic E-state index is 0.0106. The molecule has 0 saturated carbocycles. The number of halogens is 3. The third-order valence-electron chi connectivity index (χ3n) is 5.79. The molecule has 1 saturated heterocycles. The van der Waals surface area contributed by atoms with Crippen LogP contribution in [0.4, 0.5) is 13.2 Å². The Hall–Kier alpha value is -2.78. The number of amides is 1. The lowest BCUT2D eigenvalue weighted by atomic mass is 10.1. The highest BCUT2D eigenvalue weighted by Gasteiger charge is 2.37. The number of alkyl halides is 3. The van der Waals surface area contributed by atoms with Crippen LogP contribution in [-0.2, 0) is 24.1 Å². The molecule has 2 N–H and O–H groups in total. The third kappa shape index (κ3) is 6.17. The molecule has 0 unspecified atom stereocenters. The molecule has 0 aliphatic carbocycles. The quantitative estimate of drug-likeness (QED) is 0.593. The van der Waals surface area contributed by atoms with Crippen molar-refractivity contribution in [3.63, 3.8) is 0 Å². The van der Waals surface area contributed by atoms with E-state index in [9.17, 15) is 18.0 Å². The van der Waals surface area contributed by atoms with Gasteiger partial charge in [-0.1, -0.05) is 24.3 Å². The fraction of sp³-hybridized carbons (Fsp3) is 0.458. The van der Waals surface area contributed by atoms with E-state index in [1.807, 2.05) is 25.1 Å². The van der Waals surface area contributed by atoms with Crippen LogP contribution in [0.3, 0.4) is 0 Å². The molecule has 2 aromatic carbocycles. The Bertz CT molecular complexity index is 935. The summed E-state index contributed by atoms with van der Waals surface area (Å²) in [6.45, 7) is 3.95. The molecular weight excluding hydrogens is 435 g/mol. The van der Waals surface area contributed by atoms with E-state index in [0.29, 0.717) is 44.1 Å². The fourth-order valence-electron chi connectivity index (χ4n) is 4.16. The summed E-state index contributed by atoms with van der Waals surface area (Å²) in [6, 6.07) is 10.5. The number of hydrogen-bond acceptors (Lipinski definition) is 5. The number of carbonyl (C=O) groups is 1. The van der Waals surface area contributed by atoms with E-state index < -0.39 is 11.7 Å². The first kappa shape index (κ1) is 24.9. The smallest absolute Gasteiger partial charge is 0.416 e. The number of likely N-dealkylation sites (N-methyl/N-ethyl adjacent to an activating group) is 1. The normalized spacial score (nSPS) is 18.8. The van der Waals surface area contributed by atoms with Gasteiger partial charge in [0, 0.05) is 37.8 Å². The van der Waals surface area contributed by atoms with Crippen LogP contribution in [0, 0.1) is 0 Å². The van der Waals surface area contributed by atoms with Gasteiger partial charge in [-0.25, -0.2) is 0 Å². The maximum atomic E-state index is 12.8. The fourth-order valence-corrected chi connectivity index (χ4v) is 4.16. The number of nitrogens with zero attached hydrogens (tertiary/aromatic N) is 1. The molecule has 0 bridgehead atoms. The summed E-state index contributed by atoms with van der Waals surface area (Å²) in [5, 5.41) is 6.29. The number of carbonyl (C=O) groups excluding carboxylic acids is 1. The molecule has 2 atom stereocenters. The molecule has 1 heterocycles. The zero-order chi connectivity index (χ0) is 24.0. The maximum absolute atomic E-state index is 12.8. The molecule has 33 heavy (non-hydrogen) atoms. The minimum atomic E-state index is -4.35. The summed E-state index contributed by atoms with van der Waals surface area (Å²) in [6.07, 6.45) is -3.75. The highest BCUT2D eigenvalue weighted by atomic mass is 19.4. The van der Waals surface area contributed by atoms with E-state index in [2.05, 4.69) is 15.5 Å². The Morgan fingerprint density at radius 2 is 1.85 bits per heavy atom. The molecule has 2 aromatic rings. The summed E-state index contributed by atoms with van der Waals surface area (Å²) < 4.78 is 49.3. The SMILES string of the molecule is CCNC(=O)[C@@H]1C[C@@H](NCc2ccc(C(F)(F)F)cc2)CN1Cc1cccc(OC)c1OC. The van der Waals surface area contributed by atoms with Gasteiger partial charge in [-0.15, -0.1) is 0 Å². The van der Waals surface area contributed by atoms with Crippen molar-refractivity contribution < 1.29 is 27.4 Å². The lowest BCUT2D eigenvalue weighted by molar-refractivity contribution is -0.137. The van der Waals surface area contributed by atoms with E-state index in [4.69, 9.17) is 9.47 Å². The average molecular weight is 466 g/mol. The maximum Gasteiger partial charge on any atom is 0.416 e. The Morgan fingerprint density at radius 3 is 2.45 bits per heavy atom. The van der Waals surface area contributed by atoms with Gasteiger partial charge in [0.2, 0.25) is 5.91 Å². The van der Waals surface area contributed by atoms with Crippen molar-refractivity contribution in [2.24, 2.45) is 0 Å². The van der Waals surface area contributed by atoms with E-state index in [-0.39, 0.29) is 18.0 Å². The van der Waals surface area contributed by atoms with Crippen LogP contribution in [0.1, 0.15) is 30.0 Å². The number of benzene rings is 2. The molecule has 0 aromatic heterocycles. The van der Waals surface area contributed by atoms with Crippen LogP contribution in [0.2, 0.25) is 0 Å². The second kappa shape index (κ2) is 10.9. The molecule has 9 heteroatoms. The van der Waals surface area contributed by atoms with Gasteiger partial charge in [-0.05, 0) is 37.1 Å². The number of para-hydroxylation sites is 1. The number of likely N-dealkylation sites (tertiary alicyclic amines) is 1. The van der Waals surface area contributed by atoms with Gasteiger partial charge in [-0.3, -0.25) is 9.69 Å². The Kier molecular flexibility index (Phi) is 8.20. The highest BCUT2D eigenvalue weighted by molar-refractivity contribution is 5.82. The van der Waals surface area contributed by atoms with E-state index in [1.165, 1.54) is 12.1 Å². The van der Waals surface area contributed by atoms with Crippen molar-refractivity contribution in [3.8, 4) is 11.5 Å². The average Bonchev–Trinajstić information content (AvgIpc) is 3.20. The molecule has 6 nitrogen and oxygen atoms in total. The lowest BCUT2D eigenvalue weighted by Gasteiger charge is -2.24. The van der Waals surface area contributed by atoms with Crippen molar-refractivity contribution in [1.82, 2.24) is 15.5 Å². The van der Waals surface area contributed by atoms with Gasteiger partial charge in [0.15, 0.2) is 11.5 Å². The first-order valence-electron chi connectivity index (χ1n) is 10.9. The summed E-state index contributed by atoms with van der Waals surface area (Å²) in [4.78, 5) is 14.8. The van der Waals surface area contributed by atoms with Crippen molar-refractivity contribution in [2.45, 2.75) is 44.7 Å². The molecule has 1 aliphatic rings. The van der Waals surface area contributed by atoms with Crippen LogP contribution < -0.4 is 20.1 Å². The van der Waals surface area contributed by atoms with Crippen molar-refractivity contribution >= 4 is 5.91 Å². The molecule has 0 radical (unpaired) electrons. The van der Waals surface area contributed by atoms with Gasteiger partial charge >= 0.3 is 6.18 Å². The van der Waals surface area contributed by atoms with E-state index in [0.717, 1.165) is 23.3 Å². The minimum Gasteiger partial charge on any atom is -0.493 e. The van der Waals surface area contributed by atoms with Gasteiger partial charge < -0.3 is 20.1 Å². The van der Waals surface area contributed by atoms with E-state index >= 15 is 0 Å². The summed E-state index contributed by atoms with van der Waals surface area (Å²) in [7, 11) is 3.16. The predicted molar refractivity (Wildman–Crippen MR) is 119 cm³/mol. The van der Waals surface area contributed by atoms with Gasteiger partial charge in [0.05, 0.1) is 25.8 Å². The zero-order valence-electron chi connectivity index (χ0n) is 19.0. The summed E-state index contributed by atoms with van der Waals surface area (Å²) >= 11 is 0. The Morgan fingerprint density at radius 1 is 1.12 bits per heavy atom. The zero-order valence-corrected chi connectivity index (χ0v) is 19.0. The highest BCUT2D eigenvalue weighted by Crippen LogP contribution is 2.33. The van der Waals surface area contributed by atoms with Crippen LogP contribution in [-0.4, -0.2) is 50.2 Å². The molecular formula is C24H30F3N3O3. The van der Waals surface area contributed by atoms with Gasteiger partial charge in [0.1, 0.15) is 0 Å².